The van der Waals surface area contributed by atoms with Crippen molar-refractivity contribution in [3.05, 3.63) is 28.2 Å². The highest BCUT2D eigenvalue weighted by atomic mass is 79.9. The maximum absolute atomic E-state index is 12.7. The average Bonchev–Trinajstić information content (AvgIpc) is 2.66. The molecule has 0 radical (unpaired) electrons. The Morgan fingerprint density at radius 1 is 1.48 bits per heavy atom. The van der Waals surface area contributed by atoms with E-state index in [1.165, 1.54) is 17.0 Å². The van der Waals surface area contributed by atoms with Gasteiger partial charge in [-0.1, -0.05) is 6.07 Å². The number of carbonyl (C=O) groups is 2. The van der Waals surface area contributed by atoms with Crippen LogP contribution in [0, 0.1) is 5.92 Å². The van der Waals surface area contributed by atoms with Crippen LogP contribution in [0.1, 0.15) is 16.8 Å². The molecular formula is C12H11BrFNO5S. The molecule has 0 aromatic heterocycles. The Morgan fingerprint density at radius 3 is 2.71 bits per heavy atom. The largest absolute Gasteiger partial charge is 0.478 e. The van der Waals surface area contributed by atoms with Crippen molar-refractivity contribution >= 4 is 43.7 Å². The van der Waals surface area contributed by atoms with E-state index in [2.05, 4.69) is 15.9 Å². The van der Waals surface area contributed by atoms with Crippen LogP contribution in [-0.2, 0) is 15.0 Å². The maximum atomic E-state index is 12.7. The zero-order chi connectivity index (χ0) is 15.8. The first-order chi connectivity index (χ1) is 9.69. The molecule has 2 rings (SSSR count). The van der Waals surface area contributed by atoms with Gasteiger partial charge in [0.15, 0.2) is 0 Å². The molecule has 1 aromatic carbocycles. The van der Waals surface area contributed by atoms with Gasteiger partial charge >= 0.3 is 16.2 Å². The number of rotatable bonds is 4. The summed E-state index contributed by atoms with van der Waals surface area (Å²) in [5.74, 6) is -3.08. The molecule has 0 bridgehead atoms. The number of carboxylic acids is 1. The van der Waals surface area contributed by atoms with Gasteiger partial charge in [0, 0.05) is 23.4 Å². The van der Waals surface area contributed by atoms with E-state index in [1.54, 1.807) is 6.07 Å². The van der Waals surface area contributed by atoms with Crippen LogP contribution in [0.25, 0.3) is 0 Å². The van der Waals surface area contributed by atoms with Gasteiger partial charge in [0.1, 0.15) is 0 Å². The lowest BCUT2D eigenvalue weighted by Crippen LogP contribution is -2.27. The summed E-state index contributed by atoms with van der Waals surface area (Å²) in [5.41, 5.74) is 0.0789. The molecule has 114 valence electrons. The number of nitrogens with zero attached hydrogens (tertiary/aromatic N) is 1. The normalized spacial score (nSPS) is 19.0. The number of carbonyl (C=O) groups excluding carboxylic acids is 1. The van der Waals surface area contributed by atoms with Gasteiger partial charge in [0.2, 0.25) is 5.91 Å². The van der Waals surface area contributed by atoms with E-state index in [0.717, 1.165) is 0 Å². The molecule has 1 unspecified atom stereocenters. The Balaban J connectivity index is 2.36. The van der Waals surface area contributed by atoms with Crippen LogP contribution in [0.5, 0.6) is 0 Å². The number of para-hydroxylation sites is 1. The summed E-state index contributed by atoms with van der Waals surface area (Å²) in [4.78, 5) is 24.4. The smallest absolute Gasteiger partial charge is 0.337 e. The second kappa shape index (κ2) is 5.72. The van der Waals surface area contributed by atoms with Crippen LogP contribution in [0.3, 0.4) is 0 Å². The third kappa shape index (κ3) is 3.59. The minimum absolute atomic E-state index is 0.0368. The molecule has 9 heteroatoms. The number of aromatic carboxylic acids is 1. The van der Waals surface area contributed by atoms with Crippen LogP contribution in [0.15, 0.2) is 22.7 Å². The number of halogens is 2. The summed E-state index contributed by atoms with van der Waals surface area (Å²) < 4.78 is 34.5. The molecule has 1 fully saturated rings. The first-order valence-electron chi connectivity index (χ1n) is 5.93. The van der Waals surface area contributed by atoms with Gasteiger partial charge in [-0.25, -0.2) is 4.79 Å². The van der Waals surface area contributed by atoms with E-state index in [-0.39, 0.29) is 24.2 Å². The molecule has 1 amide bonds. The van der Waals surface area contributed by atoms with Crippen LogP contribution in [0.2, 0.25) is 0 Å². The Labute approximate surface area is 128 Å². The minimum Gasteiger partial charge on any atom is -0.478 e. The third-order valence-corrected chi connectivity index (χ3v) is 4.64. The van der Waals surface area contributed by atoms with Crippen molar-refractivity contribution in [2.45, 2.75) is 6.42 Å². The van der Waals surface area contributed by atoms with Gasteiger partial charge in [-0.3, -0.25) is 4.79 Å². The molecule has 1 aliphatic heterocycles. The van der Waals surface area contributed by atoms with Crippen molar-refractivity contribution in [1.29, 1.82) is 0 Å². The second-order valence-corrected chi connectivity index (χ2v) is 6.99. The molecule has 1 saturated heterocycles. The molecular weight excluding hydrogens is 369 g/mol. The number of hydrogen-bond acceptors (Lipinski definition) is 4. The van der Waals surface area contributed by atoms with Gasteiger partial charge in [-0.2, -0.15) is 8.42 Å². The number of hydrogen-bond donors (Lipinski definition) is 1. The van der Waals surface area contributed by atoms with E-state index in [0.29, 0.717) is 4.47 Å². The van der Waals surface area contributed by atoms with Crippen molar-refractivity contribution in [1.82, 2.24) is 0 Å². The van der Waals surface area contributed by atoms with Crippen LogP contribution in [0.4, 0.5) is 9.57 Å². The van der Waals surface area contributed by atoms with Crippen LogP contribution in [-0.4, -0.2) is 37.7 Å². The van der Waals surface area contributed by atoms with E-state index < -0.39 is 33.8 Å². The summed E-state index contributed by atoms with van der Waals surface area (Å²) >= 11 is 3.18. The molecule has 1 atom stereocenters. The molecule has 0 aliphatic carbocycles. The highest BCUT2D eigenvalue weighted by Crippen LogP contribution is 2.35. The van der Waals surface area contributed by atoms with Gasteiger partial charge in [-0.05, 0) is 28.1 Å². The number of carboxylic acid groups (broad SMARTS) is 1. The average molecular weight is 380 g/mol. The predicted molar refractivity (Wildman–Crippen MR) is 76.5 cm³/mol. The lowest BCUT2D eigenvalue weighted by atomic mass is 10.1. The van der Waals surface area contributed by atoms with Crippen molar-refractivity contribution in [3.8, 4) is 0 Å². The molecule has 21 heavy (non-hydrogen) atoms. The SMILES string of the molecule is O=C(O)c1cccc(Br)c1N1CC(CS(=O)(=O)F)CC1=O. The fraction of sp³-hybridized carbons (Fsp3) is 0.333. The van der Waals surface area contributed by atoms with Gasteiger partial charge in [0.25, 0.3) is 0 Å². The summed E-state index contributed by atoms with van der Waals surface area (Å²) in [5, 5.41) is 9.17. The Bertz CT molecular complexity index is 706. The van der Waals surface area contributed by atoms with Crippen molar-refractivity contribution in [2.24, 2.45) is 5.92 Å². The number of anilines is 1. The highest BCUT2D eigenvalue weighted by molar-refractivity contribution is 9.10. The predicted octanol–water partition coefficient (Wildman–Crippen LogP) is 1.80. The summed E-state index contributed by atoms with van der Waals surface area (Å²) in [6.45, 7) is -0.0368. The second-order valence-electron chi connectivity index (χ2n) is 4.72. The molecule has 1 aliphatic rings. The molecule has 1 N–H and O–H groups in total. The van der Waals surface area contributed by atoms with Gasteiger partial charge < -0.3 is 10.0 Å². The summed E-state index contributed by atoms with van der Waals surface area (Å²) in [7, 11) is -4.68. The quantitative estimate of drug-likeness (QED) is 0.805. The van der Waals surface area contributed by atoms with Crippen molar-refractivity contribution in [3.63, 3.8) is 0 Å². The first-order valence-corrected chi connectivity index (χ1v) is 8.28. The Kier molecular flexibility index (Phi) is 4.33. The van der Waals surface area contributed by atoms with E-state index in [4.69, 9.17) is 0 Å². The standard InChI is InChI=1S/C12H11BrFNO5S/c13-9-3-1-2-8(12(17)18)11(9)15-5-7(4-10(15)16)6-21(14,19)20/h1-3,7H,4-6H2,(H,17,18). The number of benzene rings is 1. The topological polar surface area (TPSA) is 91.8 Å². The third-order valence-electron chi connectivity index (χ3n) is 3.13. The van der Waals surface area contributed by atoms with Gasteiger partial charge in [0.05, 0.1) is 17.0 Å². The Hall–Kier alpha value is -1.48. The van der Waals surface area contributed by atoms with E-state index in [9.17, 15) is 27.0 Å². The van der Waals surface area contributed by atoms with Crippen LogP contribution >= 0.6 is 15.9 Å². The van der Waals surface area contributed by atoms with Crippen molar-refractivity contribution < 1.29 is 27.0 Å². The maximum Gasteiger partial charge on any atom is 0.337 e. The monoisotopic (exact) mass is 379 g/mol. The summed E-state index contributed by atoms with van der Waals surface area (Å²) in [6.07, 6.45) is -0.135. The molecule has 1 aromatic rings. The summed E-state index contributed by atoms with van der Waals surface area (Å²) in [6, 6.07) is 4.43. The Morgan fingerprint density at radius 2 is 2.14 bits per heavy atom. The lowest BCUT2D eigenvalue weighted by molar-refractivity contribution is -0.117. The minimum atomic E-state index is -4.68. The zero-order valence-electron chi connectivity index (χ0n) is 10.6. The fourth-order valence-corrected chi connectivity index (χ4v) is 3.72. The van der Waals surface area contributed by atoms with Crippen molar-refractivity contribution in [2.75, 3.05) is 17.2 Å². The zero-order valence-corrected chi connectivity index (χ0v) is 13.0. The fourth-order valence-electron chi connectivity index (χ4n) is 2.35. The van der Waals surface area contributed by atoms with E-state index in [1.807, 2.05) is 0 Å². The molecule has 0 spiro atoms. The highest BCUT2D eigenvalue weighted by Gasteiger charge is 2.36. The molecule has 6 nitrogen and oxygen atoms in total. The number of amides is 1. The molecule has 1 heterocycles. The van der Waals surface area contributed by atoms with Crippen LogP contribution < -0.4 is 4.90 Å². The molecule has 0 saturated carbocycles. The first kappa shape index (κ1) is 15.9. The lowest BCUT2D eigenvalue weighted by Gasteiger charge is -2.20. The van der Waals surface area contributed by atoms with Gasteiger partial charge in [-0.15, -0.1) is 3.89 Å². The van der Waals surface area contributed by atoms with E-state index >= 15 is 0 Å².